The minimum Gasteiger partial charge on any atom is -0.439 e. The molecule has 106 valence electrons. The number of hydrogen-bond donors (Lipinski definition) is 0. The molecule has 0 saturated carbocycles. The van der Waals surface area contributed by atoms with E-state index in [4.69, 9.17) is 9.68 Å². The summed E-state index contributed by atoms with van der Waals surface area (Å²) in [5.41, 5.74) is -5.97. The van der Waals surface area contributed by atoms with E-state index >= 15 is 0 Å². The number of rotatable bonds is 2. The molecule has 0 spiro atoms. The van der Waals surface area contributed by atoms with Crippen molar-refractivity contribution in [3.8, 4) is 11.8 Å². The molecule has 0 amide bonds. The molecular weight excluding hydrogens is 301 g/mol. The van der Waals surface area contributed by atoms with Crippen LogP contribution in [0.25, 0.3) is 11.1 Å². The molecule has 6 nitrogen and oxygen atoms in total. The summed E-state index contributed by atoms with van der Waals surface area (Å²) >= 11 is 0. The smallest absolute Gasteiger partial charge is 0.439 e. The van der Waals surface area contributed by atoms with Crippen LogP contribution in [-0.4, -0.2) is 18.9 Å². The Morgan fingerprint density at radius 2 is 2.05 bits per heavy atom. The predicted molar refractivity (Wildman–Crippen MR) is 59.1 cm³/mol. The zero-order valence-electron chi connectivity index (χ0n) is 9.72. The van der Waals surface area contributed by atoms with E-state index in [0.29, 0.717) is 0 Å². The molecule has 20 heavy (non-hydrogen) atoms. The fourth-order valence-electron chi connectivity index (χ4n) is 1.41. The van der Waals surface area contributed by atoms with Gasteiger partial charge in [-0.25, -0.2) is 4.98 Å². The first kappa shape index (κ1) is 14.1. The van der Waals surface area contributed by atoms with Crippen molar-refractivity contribution in [2.45, 2.75) is 12.4 Å². The lowest BCUT2D eigenvalue weighted by atomic mass is 10.2. The molecule has 1 heterocycles. The fraction of sp³-hybridized carbons (Fsp3) is 0.200. The molecule has 0 radical (unpaired) electrons. The normalized spacial score (nSPS) is 12.3. The van der Waals surface area contributed by atoms with Crippen LogP contribution in [0.5, 0.6) is 5.75 Å². The zero-order valence-corrected chi connectivity index (χ0v) is 10.5. The van der Waals surface area contributed by atoms with Crippen molar-refractivity contribution in [1.29, 1.82) is 5.26 Å². The van der Waals surface area contributed by atoms with E-state index in [1.165, 1.54) is 6.92 Å². The third kappa shape index (κ3) is 2.27. The number of aromatic nitrogens is 1. The summed E-state index contributed by atoms with van der Waals surface area (Å²) < 4.78 is 67.7. The van der Waals surface area contributed by atoms with E-state index in [2.05, 4.69) is 9.17 Å². The van der Waals surface area contributed by atoms with E-state index in [1.54, 1.807) is 6.07 Å². The van der Waals surface area contributed by atoms with Crippen LogP contribution < -0.4 is 4.18 Å². The summed E-state index contributed by atoms with van der Waals surface area (Å²) in [6, 6.07) is 3.73. The molecule has 0 atom stereocenters. The average molecular weight is 306 g/mol. The summed E-state index contributed by atoms with van der Waals surface area (Å²) in [5, 5.41) is 8.82. The number of halogens is 3. The van der Waals surface area contributed by atoms with Gasteiger partial charge in [0.1, 0.15) is 6.07 Å². The number of alkyl halides is 3. The lowest BCUT2D eigenvalue weighted by Crippen LogP contribution is -2.28. The van der Waals surface area contributed by atoms with Crippen LogP contribution in [0.1, 0.15) is 11.5 Å². The monoisotopic (exact) mass is 306 g/mol. The van der Waals surface area contributed by atoms with E-state index < -0.39 is 21.4 Å². The molecule has 0 fully saturated rings. The first-order valence-corrected chi connectivity index (χ1v) is 6.37. The topological polar surface area (TPSA) is 93.2 Å². The molecule has 0 aliphatic carbocycles. The van der Waals surface area contributed by atoms with Crippen LogP contribution in [0.3, 0.4) is 0 Å². The Morgan fingerprint density at radius 3 is 2.60 bits per heavy atom. The highest BCUT2D eigenvalue weighted by Gasteiger charge is 2.48. The van der Waals surface area contributed by atoms with Crippen LogP contribution in [0.2, 0.25) is 0 Å². The maximum Gasteiger partial charge on any atom is 0.534 e. The van der Waals surface area contributed by atoms with Gasteiger partial charge in [-0.2, -0.15) is 26.9 Å². The number of nitrogens with zero attached hydrogens (tertiary/aromatic N) is 2. The lowest BCUT2D eigenvalue weighted by molar-refractivity contribution is -0.0499. The largest absolute Gasteiger partial charge is 0.534 e. The van der Waals surface area contributed by atoms with E-state index in [0.717, 1.165) is 12.1 Å². The van der Waals surface area contributed by atoms with Crippen LogP contribution in [0.4, 0.5) is 13.2 Å². The van der Waals surface area contributed by atoms with Crippen molar-refractivity contribution < 1.29 is 30.2 Å². The molecule has 0 bridgehead atoms. The third-order valence-electron chi connectivity index (χ3n) is 2.22. The first-order chi connectivity index (χ1) is 9.15. The number of benzene rings is 1. The van der Waals surface area contributed by atoms with Gasteiger partial charge in [0.25, 0.3) is 0 Å². The standard InChI is InChI=1S/C10H5F3N2O4S/c1-5-15-8-7(19-20(16,17)10(11,12)13)3-2-6(4-14)9(8)18-5/h2-3H,1H3. The Bertz CT molecular complexity index is 817. The minimum atomic E-state index is -5.82. The van der Waals surface area contributed by atoms with Gasteiger partial charge >= 0.3 is 15.6 Å². The SMILES string of the molecule is Cc1nc2c(OS(=O)(=O)C(F)(F)F)ccc(C#N)c2o1. The van der Waals surface area contributed by atoms with Gasteiger partial charge in [-0.05, 0) is 12.1 Å². The highest BCUT2D eigenvalue weighted by Crippen LogP contribution is 2.33. The van der Waals surface area contributed by atoms with Crippen molar-refractivity contribution in [3.05, 3.63) is 23.6 Å². The van der Waals surface area contributed by atoms with Crippen molar-refractivity contribution in [2.75, 3.05) is 0 Å². The Hall–Kier alpha value is -2.28. The number of hydrogen-bond acceptors (Lipinski definition) is 6. The molecule has 2 aromatic rings. The molecule has 0 saturated heterocycles. The minimum absolute atomic E-state index is 0.00245. The molecule has 1 aromatic heterocycles. The van der Waals surface area contributed by atoms with Gasteiger partial charge in [0.2, 0.25) is 0 Å². The molecule has 2 rings (SSSR count). The summed E-state index contributed by atoms with van der Waals surface area (Å²) in [6.45, 7) is 1.39. The van der Waals surface area contributed by atoms with Gasteiger partial charge in [-0.15, -0.1) is 0 Å². The van der Waals surface area contributed by atoms with Crippen LogP contribution in [-0.2, 0) is 10.1 Å². The van der Waals surface area contributed by atoms with E-state index in [-0.39, 0.29) is 22.6 Å². The molecule has 1 aromatic carbocycles. The summed E-state index contributed by atoms with van der Waals surface area (Å²) in [5.74, 6) is -0.606. The fourth-order valence-corrected chi connectivity index (χ4v) is 1.88. The highest BCUT2D eigenvalue weighted by molar-refractivity contribution is 7.88. The molecule has 0 unspecified atom stereocenters. The Labute approximate surface area is 110 Å². The number of fused-ring (bicyclic) bond motifs is 1. The number of oxazole rings is 1. The Kier molecular flexibility index (Phi) is 3.09. The van der Waals surface area contributed by atoms with Crippen molar-refractivity contribution in [1.82, 2.24) is 4.98 Å². The maximum atomic E-state index is 12.3. The molecule has 10 heteroatoms. The lowest BCUT2D eigenvalue weighted by Gasteiger charge is -2.09. The summed E-state index contributed by atoms with van der Waals surface area (Å²) in [7, 11) is -5.82. The van der Waals surface area contributed by atoms with Crippen LogP contribution >= 0.6 is 0 Å². The zero-order chi connectivity index (χ0) is 15.1. The molecule has 0 aliphatic heterocycles. The van der Waals surface area contributed by atoms with Crippen molar-refractivity contribution in [3.63, 3.8) is 0 Å². The molecule has 0 N–H and O–H groups in total. The van der Waals surface area contributed by atoms with Gasteiger partial charge in [-0.3, -0.25) is 0 Å². The van der Waals surface area contributed by atoms with E-state index in [1.807, 2.05) is 0 Å². The second-order valence-corrected chi connectivity index (χ2v) is 5.15. The third-order valence-corrected chi connectivity index (χ3v) is 3.18. The number of nitriles is 1. The van der Waals surface area contributed by atoms with Gasteiger partial charge in [0, 0.05) is 6.92 Å². The van der Waals surface area contributed by atoms with Gasteiger partial charge in [0.15, 0.2) is 22.7 Å². The number of aryl methyl sites for hydroxylation is 1. The Morgan fingerprint density at radius 1 is 1.40 bits per heavy atom. The second kappa shape index (κ2) is 4.38. The quantitative estimate of drug-likeness (QED) is 0.624. The van der Waals surface area contributed by atoms with Gasteiger partial charge in [0.05, 0.1) is 5.56 Å². The van der Waals surface area contributed by atoms with E-state index in [9.17, 15) is 21.6 Å². The predicted octanol–water partition coefficient (Wildman–Crippen LogP) is 2.24. The highest BCUT2D eigenvalue weighted by atomic mass is 32.2. The van der Waals surface area contributed by atoms with Crippen molar-refractivity contribution >= 4 is 21.2 Å². The average Bonchev–Trinajstić information content (AvgIpc) is 2.69. The van der Waals surface area contributed by atoms with Gasteiger partial charge in [-0.1, -0.05) is 0 Å². The van der Waals surface area contributed by atoms with Crippen molar-refractivity contribution in [2.24, 2.45) is 0 Å². The summed E-state index contributed by atoms with van der Waals surface area (Å²) in [6.07, 6.45) is 0. The summed E-state index contributed by atoms with van der Waals surface area (Å²) in [4.78, 5) is 3.71. The molecule has 0 aliphatic rings. The van der Waals surface area contributed by atoms with Crippen LogP contribution in [0.15, 0.2) is 16.5 Å². The maximum absolute atomic E-state index is 12.3. The second-order valence-electron chi connectivity index (χ2n) is 3.62. The molecular formula is C10H5F3N2O4S. The van der Waals surface area contributed by atoms with Crippen LogP contribution in [0, 0.1) is 18.3 Å². The van der Waals surface area contributed by atoms with Gasteiger partial charge < -0.3 is 8.60 Å². The first-order valence-electron chi connectivity index (χ1n) is 4.96. The Balaban J connectivity index is 2.61.